The molecule has 1 aliphatic heterocycles. The molecule has 1 fully saturated rings. The van der Waals surface area contributed by atoms with Crippen LogP contribution in [0.15, 0.2) is 91.0 Å². The van der Waals surface area contributed by atoms with E-state index in [4.69, 9.17) is 33.2 Å². The van der Waals surface area contributed by atoms with Crippen LogP contribution in [0.25, 0.3) is 22.3 Å². The summed E-state index contributed by atoms with van der Waals surface area (Å²) in [5.41, 5.74) is 6.86. The van der Waals surface area contributed by atoms with Gasteiger partial charge in [-0.2, -0.15) is 0 Å². The minimum absolute atomic E-state index is 0.0818. The quantitative estimate of drug-likeness (QED) is 0.0577. The molecular formula is C43H54O9. The van der Waals surface area contributed by atoms with Crippen LogP contribution < -0.4 is 4.74 Å². The van der Waals surface area contributed by atoms with Gasteiger partial charge in [0.05, 0.1) is 44.2 Å². The molecule has 0 aliphatic carbocycles. The molecule has 0 spiro atoms. The van der Waals surface area contributed by atoms with E-state index in [-0.39, 0.29) is 32.0 Å². The van der Waals surface area contributed by atoms with E-state index >= 15 is 0 Å². The second-order valence-electron chi connectivity index (χ2n) is 13.0. The second kappa shape index (κ2) is 21.9. The van der Waals surface area contributed by atoms with Gasteiger partial charge in [-0.25, -0.2) is 9.59 Å². The van der Waals surface area contributed by atoms with Crippen LogP contribution in [-0.2, 0) is 44.4 Å². The molecule has 4 rings (SSSR count). The second-order valence-corrected chi connectivity index (χ2v) is 13.0. The molecule has 0 N–H and O–H groups in total. The van der Waals surface area contributed by atoms with Gasteiger partial charge in [-0.1, -0.05) is 100 Å². The molecule has 280 valence electrons. The fraction of sp³-hybridized carbons (Fsp3) is 0.442. The number of ether oxygens (including phenoxy) is 7. The van der Waals surface area contributed by atoms with Gasteiger partial charge in [0.25, 0.3) is 0 Å². The van der Waals surface area contributed by atoms with E-state index in [9.17, 15) is 9.59 Å². The zero-order valence-corrected chi connectivity index (χ0v) is 31.0. The van der Waals surface area contributed by atoms with Crippen molar-refractivity contribution in [1.29, 1.82) is 0 Å². The summed E-state index contributed by atoms with van der Waals surface area (Å²) in [6, 6.07) is 22.8. The predicted octanol–water partition coefficient (Wildman–Crippen LogP) is 8.46. The van der Waals surface area contributed by atoms with Crippen LogP contribution in [0.3, 0.4) is 0 Å². The van der Waals surface area contributed by atoms with Gasteiger partial charge in [-0.15, -0.1) is 0 Å². The first-order chi connectivity index (χ1) is 25.3. The third-order valence-electron chi connectivity index (χ3n) is 8.84. The lowest BCUT2D eigenvalue weighted by Crippen LogP contribution is -2.27. The maximum atomic E-state index is 12.1. The van der Waals surface area contributed by atoms with Gasteiger partial charge in [0, 0.05) is 25.7 Å². The maximum Gasteiger partial charge on any atom is 0.335 e. The van der Waals surface area contributed by atoms with Crippen molar-refractivity contribution in [3.05, 3.63) is 102 Å². The average molecular weight is 715 g/mol. The lowest BCUT2D eigenvalue weighted by Gasteiger charge is -2.31. The Morgan fingerprint density at radius 2 is 1.31 bits per heavy atom. The number of carbonyl (C=O) groups excluding carboxylic acids is 2. The van der Waals surface area contributed by atoms with Gasteiger partial charge in [0.2, 0.25) is 0 Å². The molecule has 0 bridgehead atoms. The van der Waals surface area contributed by atoms with Gasteiger partial charge in [0.15, 0.2) is 6.29 Å². The van der Waals surface area contributed by atoms with Gasteiger partial charge < -0.3 is 33.2 Å². The Morgan fingerprint density at radius 3 is 1.92 bits per heavy atom. The van der Waals surface area contributed by atoms with E-state index in [0.717, 1.165) is 47.1 Å². The van der Waals surface area contributed by atoms with Crippen molar-refractivity contribution in [2.75, 3.05) is 60.5 Å². The molecule has 0 atom stereocenters. The van der Waals surface area contributed by atoms with Crippen molar-refractivity contribution >= 4 is 11.9 Å². The van der Waals surface area contributed by atoms with Gasteiger partial charge in [0.1, 0.15) is 19.0 Å². The Kier molecular flexibility index (Phi) is 17.1. The summed E-state index contributed by atoms with van der Waals surface area (Å²) in [6.07, 6.45) is 6.99. The standard InChI is InChI=1S/C43H54O9/c1-6-7-8-9-11-34-29-51-43(52-30-34)40-26-38(48-24-25-50-42(45)32(3)28-47-5)21-22-39(40)37-19-17-36(18-20-37)35-15-13-33(14-16-35)12-10-23-49-41(44)31(2)27-46-4/h13-22,26,34,43H,2-3,6-12,23-25,27-30H2,1,4-5H3. The smallest absolute Gasteiger partial charge is 0.335 e. The molecule has 0 amide bonds. The van der Waals surface area contributed by atoms with Crippen LogP contribution in [0, 0.1) is 5.92 Å². The number of aryl methyl sites for hydroxylation is 1. The maximum absolute atomic E-state index is 12.1. The molecule has 0 saturated carbocycles. The number of methoxy groups -OCH3 is 2. The zero-order valence-electron chi connectivity index (χ0n) is 31.0. The largest absolute Gasteiger partial charge is 0.490 e. The number of carbonyl (C=O) groups is 2. The summed E-state index contributed by atoms with van der Waals surface area (Å²) in [5, 5.41) is 0. The van der Waals surface area contributed by atoms with Crippen molar-refractivity contribution in [3.8, 4) is 28.0 Å². The first-order valence-corrected chi connectivity index (χ1v) is 18.2. The van der Waals surface area contributed by atoms with E-state index in [0.29, 0.717) is 37.1 Å². The number of rotatable bonds is 22. The van der Waals surface area contributed by atoms with Crippen molar-refractivity contribution in [2.45, 2.75) is 58.2 Å². The molecule has 1 aliphatic rings. The molecule has 1 saturated heterocycles. The molecule has 0 aromatic heterocycles. The number of hydrogen-bond acceptors (Lipinski definition) is 9. The Hall–Kier alpha value is -4.28. The van der Waals surface area contributed by atoms with Crippen LogP contribution in [0.2, 0.25) is 0 Å². The van der Waals surface area contributed by atoms with Crippen LogP contribution in [0.5, 0.6) is 5.75 Å². The summed E-state index contributed by atoms with van der Waals surface area (Å²) in [7, 11) is 3.02. The highest BCUT2D eigenvalue weighted by molar-refractivity contribution is 5.88. The fourth-order valence-corrected chi connectivity index (χ4v) is 5.95. The van der Waals surface area contributed by atoms with E-state index in [1.807, 2.05) is 18.2 Å². The normalized spacial score (nSPS) is 15.5. The van der Waals surface area contributed by atoms with Gasteiger partial charge in [-0.3, -0.25) is 0 Å². The lowest BCUT2D eigenvalue weighted by molar-refractivity contribution is -0.205. The first-order valence-electron chi connectivity index (χ1n) is 18.2. The zero-order chi connectivity index (χ0) is 37.1. The summed E-state index contributed by atoms with van der Waals surface area (Å²) in [5.74, 6) is 0.0907. The Labute approximate surface area is 308 Å². The number of benzene rings is 3. The molecule has 9 heteroatoms. The molecule has 3 aromatic rings. The van der Waals surface area contributed by atoms with E-state index in [1.165, 1.54) is 45.5 Å². The highest BCUT2D eigenvalue weighted by Gasteiger charge is 2.26. The third-order valence-corrected chi connectivity index (χ3v) is 8.84. The molecule has 9 nitrogen and oxygen atoms in total. The lowest BCUT2D eigenvalue weighted by atomic mass is 9.95. The summed E-state index contributed by atoms with van der Waals surface area (Å²) in [6.45, 7) is 11.8. The molecule has 0 radical (unpaired) electrons. The van der Waals surface area contributed by atoms with Gasteiger partial charge >= 0.3 is 11.9 Å². The van der Waals surface area contributed by atoms with E-state index in [1.54, 1.807) is 0 Å². The molecule has 1 heterocycles. The van der Waals surface area contributed by atoms with Crippen LogP contribution in [-0.4, -0.2) is 72.4 Å². The highest BCUT2D eigenvalue weighted by atomic mass is 16.7. The number of unbranched alkanes of at least 4 members (excludes halogenated alkanes) is 3. The minimum Gasteiger partial charge on any atom is -0.490 e. The van der Waals surface area contributed by atoms with E-state index < -0.39 is 18.2 Å². The minimum atomic E-state index is -0.527. The van der Waals surface area contributed by atoms with Crippen LogP contribution >= 0.6 is 0 Å². The van der Waals surface area contributed by atoms with Crippen molar-refractivity contribution in [3.63, 3.8) is 0 Å². The topological polar surface area (TPSA) is 98.8 Å². The van der Waals surface area contributed by atoms with Crippen LogP contribution in [0.1, 0.15) is 62.9 Å². The SMILES string of the molecule is C=C(COC)C(=O)OCCCc1ccc(-c2ccc(-c3ccc(OCCOC(=O)C(=C)COC)cc3C3OCC(CCCCCC)CO3)cc2)cc1. The van der Waals surface area contributed by atoms with Gasteiger partial charge in [-0.05, 0) is 59.2 Å². The van der Waals surface area contributed by atoms with Crippen molar-refractivity contribution in [1.82, 2.24) is 0 Å². The summed E-state index contributed by atoms with van der Waals surface area (Å²) < 4.78 is 39.1. The highest BCUT2D eigenvalue weighted by Crippen LogP contribution is 2.37. The first kappa shape index (κ1) is 40.5. The summed E-state index contributed by atoms with van der Waals surface area (Å²) >= 11 is 0. The average Bonchev–Trinajstić information content (AvgIpc) is 3.17. The Balaban J connectivity index is 1.40. The number of hydrogen-bond donors (Lipinski definition) is 0. The monoisotopic (exact) mass is 714 g/mol. The Bertz CT molecular complexity index is 1570. The van der Waals surface area contributed by atoms with Crippen molar-refractivity contribution < 1.29 is 42.7 Å². The third kappa shape index (κ3) is 12.7. The van der Waals surface area contributed by atoms with Crippen LogP contribution in [0.4, 0.5) is 0 Å². The summed E-state index contributed by atoms with van der Waals surface area (Å²) in [4.78, 5) is 23.9. The molecular weight excluding hydrogens is 660 g/mol. The number of esters is 2. The van der Waals surface area contributed by atoms with E-state index in [2.05, 4.69) is 68.6 Å². The Morgan fingerprint density at radius 1 is 0.712 bits per heavy atom. The predicted molar refractivity (Wildman–Crippen MR) is 202 cm³/mol. The molecule has 3 aromatic carbocycles. The molecule has 52 heavy (non-hydrogen) atoms. The molecule has 0 unspecified atom stereocenters. The fourth-order valence-electron chi connectivity index (χ4n) is 5.95. The van der Waals surface area contributed by atoms with Crippen molar-refractivity contribution in [2.24, 2.45) is 5.92 Å².